The number of ether oxygens (including phenoxy) is 2. The van der Waals surface area contributed by atoms with Crippen LogP contribution in [0.25, 0.3) is 0 Å². The molecule has 0 amide bonds. The molecule has 4 rings (SSSR count). The zero-order valence-electron chi connectivity index (χ0n) is 19.1. The molecule has 1 unspecified atom stereocenters. The average Bonchev–Trinajstić information content (AvgIpc) is 3.36. The van der Waals surface area contributed by atoms with Crippen molar-refractivity contribution in [2.45, 2.75) is 69.2 Å². The molecule has 2 aromatic carbocycles. The van der Waals surface area contributed by atoms with Crippen LogP contribution in [-0.4, -0.2) is 69.8 Å². The lowest BCUT2D eigenvalue weighted by Gasteiger charge is -2.46. The molecule has 5 N–H and O–H groups in total. The van der Waals surface area contributed by atoms with Gasteiger partial charge >= 0.3 is 0 Å². The lowest BCUT2D eigenvalue weighted by Crippen LogP contribution is -2.63. The summed E-state index contributed by atoms with van der Waals surface area (Å²) in [5, 5.41) is 52.2. The Balaban J connectivity index is 1.78. The minimum absolute atomic E-state index is 0.139. The SMILES string of the molecule is CCc1ccc(Cc2cc(C3(O)O[C@H](CO)[C@@H](O)[C@H](O)[C@H]3O)cc([C@H]3CCOC3)c2C)cc1. The van der Waals surface area contributed by atoms with Crippen molar-refractivity contribution in [3.05, 3.63) is 69.8 Å². The maximum atomic E-state index is 11.4. The van der Waals surface area contributed by atoms with Crippen molar-refractivity contribution in [2.75, 3.05) is 19.8 Å². The summed E-state index contributed by atoms with van der Waals surface area (Å²) in [4.78, 5) is 0. The van der Waals surface area contributed by atoms with E-state index in [0.717, 1.165) is 35.1 Å². The van der Waals surface area contributed by atoms with E-state index in [1.807, 2.05) is 6.92 Å². The van der Waals surface area contributed by atoms with E-state index in [4.69, 9.17) is 9.47 Å². The molecule has 33 heavy (non-hydrogen) atoms. The molecule has 2 aliphatic rings. The molecular formula is C26H34O7. The second kappa shape index (κ2) is 9.80. The van der Waals surface area contributed by atoms with Gasteiger partial charge in [0.25, 0.3) is 0 Å². The molecule has 2 saturated heterocycles. The zero-order chi connectivity index (χ0) is 23.8. The predicted molar refractivity (Wildman–Crippen MR) is 122 cm³/mol. The Morgan fingerprint density at radius 3 is 2.33 bits per heavy atom. The highest BCUT2D eigenvalue weighted by Gasteiger charge is 2.53. The molecule has 0 saturated carbocycles. The van der Waals surface area contributed by atoms with Gasteiger partial charge in [0.05, 0.1) is 13.2 Å². The molecule has 2 aromatic rings. The number of rotatable bonds is 6. The third kappa shape index (κ3) is 4.59. The number of benzene rings is 2. The van der Waals surface area contributed by atoms with Crippen LogP contribution in [0.1, 0.15) is 52.6 Å². The van der Waals surface area contributed by atoms with E-state index in [1.54, 1.807) is 12.1 Å². The fourth-order valence-electron chi connectivity index (χ4n) is 4.90. The van der Waals surface area contributed by atoms with Gasteiger partial charge in [0.1, 0.15) is 24.4 Å². The summed E-state index contributed by atoms with van der Waals surface area (Å²) in [5.41, 5.74) is 5.69. The first-order valence-corrected chi connectivity index (χ1v) is 11.6. The highest BCUT2D eigenvalue weighted by molar-refractivity contribution is 5.45. The Kier molecular flexibility index (Phi) is 7.21. The maximum Gasteiger partial charge on any atom is 0.222 e. The van der Waals surface area contributed by atoms with Crippen LogP contribution in [0.15, 0.2) is 36.4 Å². The quantitative estimate of drug-likeness (QED) is 0.442. The molecule has 2 aliphatic heterocycles. The summed E-state index contributed by atoms with van der Waals surface area (Å²) >= 11 is 0. The average molecular weight is 459 g/mol. The summed E-state index contributed by atoms with van der Waals surface area (Å²) in [6, 6.07) is 12.0. The summed E-state index contributed by atoms with van der Waals surface area (Å²) in [5.74, 6) is -2.14. The minimum Gasteiger partial charge on any atom is -0.394 e. The number of aryl methyl sites for hydroxylation is 1. The van der Waals surface area contributed by atoms with Gasteiger partial charge in [0.15, 0.2) is 0 Å². The van der Waals surface area contributed by atoms with Crippen molar-refractivity contribution in [3.8, 4) is 0 Å². The molecule has 0 bridgehead atoms. The largest absolute Gasteiger partial charge is 0.394 e. The van der Waals surface area contributed by atoms with Crippen molar-refractivity contribution in [1.82, 2.24) is 0 Å². The van der Waals surface area contributed by atoms with Gasteiger partial charge in [0.2, 0.25) is 5.79 Å². The molecule has 0 aromatic heterocycles. The van der Waals surface area contributed by atoms with E-state index in [9.17, 15) is 25.5 Å². The molecule has 0 spiro atoms. The maximum absolute atomic E-state index is 11.4. The van der Waals surface area contributed by atoms with Crippen molar-refractivity contribution < 1.29 is 35.0 Å². The van der Waals surface area contributed by atoms with Gasteiger partial charge in [-0.15, -0.1) is 0 Å². The summed E-state index contributed by atoms with van der Waals surface area (Å²) in [6.45, 7) is 4.77. The van der Waals surface area contributed by atoms with Crippen LogP contribution in [0.2, 0.25) is 0 Å². The van der Waals surface area contributed by atoms with Crippen molar-refractivity contribution in [3.63, 3.8) is 0 Å². The first-order chi connectivity index (χ1) is 15.8. The Labute approximate surface area is 194 Å². The van der Waals surface area contributed by atoms with E-state index in [1.165, 1.54) is 5.56 Å². The molecule has 2 heterocycles. The highest BCUT2D eigenvalue weighted by Crippen LogP contribution is 2.40. The predicted octanol–water partition coefficient (Wildman–Crippen LogP) is 1.27. The monoisotopic (exact) mass is 458 g/mol. The van der Waals surface area contributed by atoms with Gasteiger partial charge in [-0.3, -0.25) is 0 Å². The Morgan fingerprint density at radius 1 is 1.03 bits per heavy atom. The van der Waals surface area contributed by atoms with Crippen LogP contribution in [0.3, 0.4) is 0 Å². The van der Waals surface area contributed by atoms with Crippen molar-refractivity contribution >= 4 is 0 Å². The van der Waals surface area contributed by atoms with Gasteiger partial charge in [-0.1, -0.05) is 31.2 Å². The summed E-state index contributed by atoms with van der Waals surface area (Å²) in [6.07, 6.45) is -3.80. The van der Waals surface area contributed by atoms with E-state index in [0.29, 0.717) is 19.6 Å². The standard InChI is InChI=1S/C26H34O7/c1-3-16-4-6-17(7-5-16)10-19-11-20(12-21(15(19)2)18-8-9-32-14-18)26(31)25(30)24(29)23(28)22(13-27)33-26/h4-7,11-12,18,22-25,27-31H,3,8-10,13-14H2,1-2H3/t18-,22+,23+,24-,25+,26?/m0/s1. The number of hydrogen-bond acceptors (Lipinski definition) is 7. The number of hydrogen-bond donors (Lipinski definition) is 5. The molecule has 0 aliphatic carbocycles. The van der Waals surface area contributed by atoms with E-state index < -0.39 is 36.8 Å². The van der Waals surface area contributed by atoms with E-state index >= 15 is 0 Å². The molecular weight excluding hydrogens is 424 g/mol. The molecule has 0 radical (unpaired) electrons. The normalized spacial score (nSPS) is 32.3. The second-order valence-corrected chi connectivity index (χ2v) is 9.22. The number of aliphatic hydroxyl groups excluding tert-OH is 4. The zero-order valence-corrected chi connectivity index (χ0v) is 19.1. The van der Waals surface area contributed by atoms with Crippen LogP contribution < -0.4 is 0 Å². The van der Waals surface area contributed by atoms with Crippen LogP contribution in [-0.2, 0) is 28.1 Å². The molecule has 7 heteroatoms. The Bertz CT molecular complexity index is 952. The smallest absolute Gasteiger partial charge is 0.222 e. The number of aliphatic hydroxyl groups is 5. The fraction of sp³-hybridized carbons (Fsp3) is 0.538. The van der Waals surface area contributed by atoms with Gasteiger partial charge < -0.3 is 35.0 Å². The lowest BCUT2D eigenvalue weighted by molar-refractivity contribution is -0.357. The Morgan fingerprint density at radius 2 is 1.73 bits per heavy atom. The molecule has 6 atom stereocenters. The van der Waals surface area contributed by atoms with Crippen LogP contribution in [0, 0.1) is 6.92 Å². The molecule has 7 nitrogen and oxygen atoms in total. The van der Waals surface area contributed by atoms with Gasteiger partial charge in [-0.2, -0.15) is 0 Å². The minimum atomic E-state index is -2.28. The lowest BCUT2D eigenvalue weighted by atomic mass is 9.82. The van der Waals surface area contributed by atoms with Gasteiger partial charge in [-0.05, 0) is 66.1 Å². The Hall–Kier alpha value is -1.84. The first-order valence-electron chi connectivity index (χ1n) is 11.6. The third-order valence-electron chi connectivity index (χ3n) is 7.13. The van der Waals surface area contributed by atoms with Crippen LogP contribution in [0.4, 0.5) is 0 Å². The molecule has 2 fully saturated rings. The summed E-state index contributed by atoms with van der Waals surface area (Å²) < 4.78 is 11.2. The van der Waals surface area contributed by atoms with Crippen molar-refractivity contribution in [2.24, 2.45) is 0 Å². The molecule has 180 valence electrons. The fourth-order valence-corrected chi connectivity index (χ4v) is 4.90. The first kappa shape index (κ1) is 24.3. The van der Waals surface area contributed by atoms with Crippen LogP contribution >= 0.6 is 0 Å². The highest BCUT2D eigenvalue weighted by atomic mass is 16.7. The van der Waals surface area contributed by atoms with E-state index in [-0.39, 0.29) is 11.5 Å². The van der Waals surface area contributed by atoms with Gasteiger partial charge in [0, 0.05) is 18.1 Å². The topological polar surface area (TPSA) is 120 Å². The van der Waals surface area contributed by atoms with E-state index in [2.05, 4.69) is 31.2 Å². The van der Waals surface area contributed by atoms with Crippen molar-refractivity contribution in [1.29, 1.82) is 0 Å². The third-order valence-corrected chi connectivity index (χ3v) is 7.13. The second-order valence-electron chi connectivity index (χ2n) is 9.22. The van der Waals surface area contributed by atoms with Crippen LogP contribution in [0.5, 0.6) is 0 Å². The summed E-state index contributed by atoms with van der Waals surface area (Å²) in [7, 11) is 0. The van der Waals surface area contributed by atoms with Gasteiger partial charge in [-0.25, -0.2) is 0 Å².